The molecule has 3 aromatic rings. The number of aromatic nitrogens is 3. The molecule has 1 aromatic heterocycles. The molecule has 2 aromatic carbocycles. The lowest BCUT2D eigenvalue weighted by Crippen LogP contribution is -2.02. The van der Waals surface area contributed by atoms with Gasteiger partial charge in [-0.15, -0.1) is 0 Å². The standard InChI is InChI=1S/C16H11ClN4O2S/c17-12-6-3-5-10(8-12)14-19-20-16(24)21(14)18-9-11-4-1-2-7-13(11)15(22)23/h1-9H,(H,20,24)(H,22,23). The lowest BCUT2D eigenvalue weighted by molar-refractivity contribution is 0.0697. The number of H-pyrrole nitrogens is 1. The van der Waals surface area contributed by atoms with Gasteiger partial charge in [0.1, 0.15) is 0 Å². The highest BCUT2D eigenvalue weighted by Gasteiger charge is 2.10. The fraction of sp³-hybridized carbons (Fsp3) is 0. The first-order valence-electron chi connectivity index (χ1n) is 6.86. The van der Waals surface area contributed by atoms with E-state index in [1.807, 2.05) is 6.07 Å². The van der Waals surface area contributed by atoms with Crippen molar-refractivity contribution < 1.29 is 9.90 Å². The molecule has 0 aliphatic rings. The number of nitrogens with zero attached hydrogens (tertiary/aromatic N) is 3. The summed E-state index contributed by atoms with van der Waals surface area (Å²) in [5.41, 5.74) is 1.35. The van der Waals surface area contributed by atoms with Crippen molar-refractivity contribution in [1.82, 2.24) is 14.9 Å². The normalized spacial score (nSPS) is 11.0. The van der Waals surface area contributed by atoms with Crippen LogP contribution >= 0.6 is 23.8 Å². The van der Waals surface area contributed by atoms with Crippen LogP contribution < -0.4 is 0 Å². The van der Waals surface area contributed by atoms with Crippen molar-refractivity contribution in [3.63, 3.8) is 0 Å². The third kappa shape index (κ3) is 3.27. The summed E-state index contributed by atoms with van der Waals surface area (Å²) in [6.45, 7) is 0. The van der Waals surface area contributed by atoms with Gasteiger partial charge in [-0.25, -0.2) is 9.89 Å². The Kier molecular flexibility index (Phi) is 4.54. The Labute approximate surface area is 147 Å². The topological polar surface area (TPSA) is 83.3 Å². The van der Waals surface area contributed by atoms with Crippen LogP contribution in [0.25, 0.3) is 11.4 Å². The average Bonchev–Trinajstić information content (AvgIpc) is 2.94. The molecule has 2 N–H and O–H groups in total. The van der Waals surface area contributed by atoms with Gasteiger partial charge in [0, 0.05) is 16.1 Å². The van der Waals surface area contributed by atoms with Crippen molar-refractivity contribution in [2.45, 2.75) is 0 Å². The number of rotatable bonds is 4. The molecule has 0 unspecified atom stereocenters. The number of aromatic carboxylic acids is 1. The third-order valence-corrected chi connectivity index (χ3v) is 3.74. The second-order valence-corrected chi connectivity index (χ2v) is 5.63. The summed E-state index contributed by atoms with van der Waals surface area (Å²) in [6, 6.07) is 13.7. The number of hydrogen-bond acceptors (Lipinski definition) is 4. The Balaban J connectivity index is 2.05. The van der Waals surface area contributed by atoms with Crippen molar-refractivity contribution in [2.24, 2.45) is 5.10 Å². The van der Waals surface area contributed by atoms with Crippen LogP contribution in [0.1, 0.15) is 15.9 Å². The van der Waals surface area contributed by atoms with Crippen molar-refractivity contribution in [2.75, 3.05) is 0 Å². The number of benzene rings is 2. The molecule has 120 valence electrons. The number of carboxylic acid groups (broad SMARTS) is 1. The van der Waals surface area contributed by atoms with Crippen LogP contribution in [0.15, 0.2) is 53.6 Å². The van der Waals surface area contributed by atoms with Gasteiger partial charge in [0.15, 0.2) is 5.82 Å². The zero-order valence-corrected chi connectivity index (χ0v) is 13.8. The van der Waals surface area contributed by atoms with Crippen LogP contribution in [0.2, 0.25) is 5.02 Å². The minimum absolute atomic E-state index is 0.153. The Bertz CT molecular complexity index is 993. The molecular formula is C16H11ClN4O2S. The van der Waals surface area contributed by atoms with Gasteiger partial charge in [0.2, 0.25) is 4.77 Å². The molecule has 0 atom stereocenters. The van der Waals surface area contributed by atoms with E-state index < -0.39 is 5.97 Å². The number of aromatic amines is 1. The molecule has 0 fully saturated rings. The second kappa shape index (κ2) is 6.77. The van der Waals surface area contributed by atoms with E-state index in [1.54, 1.807) is 36.4 Å². The molecule has 0 saturated heterocycles. The summed E-state index contributed by atoms with van der Waals surface area (Å²) < 4.78 is 1.70. The molecule has 6 nitrogen and oxygen atoms in total. The molecule has 0 bridgehead atoms. The van der Waals surface area contributed by atoms with Crippen molar-refractivity contribution in [1.29, 1.82) is 0 Å². The average molecular weight is 359 g/mol. The maximum Gasteiger partial charge on any atom is 0.336 e. The number of hydrogen-bond donors (Lipinski definition) is 2. The van der Waals surface area contributed by atoms with E-state index in [9.17, 15) is 9.90 Å². The highest BCUT2D eigenvalue weighted by atomic mass is 35.5. The van der Waals surface area contributed by atoms with Crippen LogP contribution in [0.5, 0.6) is 0 Å². The quantitative estimate of drug-likeness (QED) is 0.548. The molecule has 24 heavy (non-hydrogen) atoms. The Morgan fingerprint density at radius 1 is 1.29 bits per heavy atom. The van der Waals surface area contributed by atoms with E-state index in [-0.39, 0.29) is 10.3 Å². The molecule has 0 aliphatic heterocycles. The smallest absolute Gasteiger partial charge is 0.336 e. The van der Waals surface area contributed by atoms with Gasteiger partial charge in [-0.05, 0) is 30.4 Å². The van der Waals surface area contributed by atoms with Crippen molar-refractivity contribution >= 4 is 36.0 Å². The minimum atomic E-state index is -1.03. The van der Waals surface area contributed by atoms with Crippen LogP contribution in [-0.2, 0) is 0 Å². The fourth-order valence-electron chi connectivity index (χ4n) is 2.14. The Morgan fingerprint density at radius 2 is 2.08 bits per heavy atom. The van der Waals surface area contributed by atoms with E-state index in [0.29, 0.717) is 16.4 Å². The van der Waals surface area contributed by atoms with Crippen molar-refractivity contribution in [3.8, 4) is 11.4 Å². The predicted octanol–water partition coefficient (Wildman–Crippen LogP) is 3.84. The van der Waals surface area contributed by atoms with E-state index >= 15 is 0 Å². The van der Waals surface area contributed by atoms with Gasteiger partial charge in [0.25, 0.3) is 0 Å². The zero-order valence-electron chi connectivity index (χ0n) is 12.2. The molecular weight excluding hydrogens is 348 g/mol. The monoisotopic (exact) mass is 358 g/mol. The van der Waals surface area contributed by atoms with Gasteiger partial charge >= 0.3 is 5.97 Å². The fourth-order valence-corrected chi connectivity index (χ4v) is 2.51. The van der Waals surface area contributed by atoms with Gasteiger partial charge in [-0.1, -0.05) is 41.9 Å². The largest absolute Gasteiger partial charge is 0.478 e. The summed E-state index contributed by atoms with van der Waals surface area (Å²) in [4.78, 5) is 11.3. The molecule has 0 saturated carbocycles. The molecule has 0 amide bonds. The maximum absolute atomic E-state index is 11.3. The van der Waals surface area contributed by atoms with Gasteiger partial charge in [-0.3, -0.25) is 0 Å². The molecule has 0 aliphatic carbocycles. The van der Waals surface area contributed by atoms with Crippen LogP contribution in [0.4, 0.5) is 0 Å². The number of nitrogens with one attached hydrogen (secondary N) is 1. The van der Waals surface area contributed by atoms with Crippen LogP contribution in [0, 0.1) is 4.77 Å². The minimum Gasteiger partial charge on any atom is -0.478 e. The molecule has 0 spiro atoms. The Hall–Kier alpha value is -2.77. The first-order chi connectivity index (χ1) is 11.6. The molecule has 3 rings (SSSR count). The van der Waals surface area contributed by atoms with Gasteiger partial charge < -0.3 is 5.11 Å². The van der Waals surface area contributed by atoms with E-state index in [1.165, 1.54) is 17.0 Å². The van der Waals surface area contributed by atoms with Crippen molar-refractivity contribution in [3.05, 3.63) is 69.5 Å². The summed E-state index contributed by atoms with van der Waals surface area (Å²) >= 11 is 11.2. The van der Waals surface area contributed by atoms with E-state index in [2.05, 4.69) is 15.3 Å². The van der Waals surface area contributed by atoms with Gasteiger partial charge in [-0.2, -0.15) is 14.9 Å². The molecule has 1 heterocycles. The van der Waals surface area contributed by atoms with Crippen LogP contribution in [-0.4, -0.2) is 32.2 Å². The van der Waals surface area contributed by atoms with Crippen LogP contribution in [0.3, 0.4) is 0 Å². The summed E-state index contributed by atoms with van der Waals surface area (Å²) in [7, 11) is 0. The first kappa shape index (κ1) is 16.1. The molecule has 8 heteroatoms. The third-order valence-electron chi connectivity index (χ3n) is 3.24. The SMILES string of the molecule is O=C(O)c1ccccc1C=Nn1c(-c2cccc(Cl)c2)n[nH]c1=S. The number of halogens is 1. The van der Waals surface area contributed by atoms with E-state index in [4.69, 9.17) is 23.8 Å². The number of carbonyl (C=O) groups is 1. The maximum atomic E-state index is 11.3. The Morgan fingerprint density at radius 3 is 2.83 bits per heavy atom. The zero-order chi connectivity index (χ0) is 17.1. The summed E-state index contributed by atoms with van der Waals surface area (Å²) in [5.74, 6) is -0.547. The lowest BCUT2D eigenvalue weighted by atomic mass is 10.1. The highest BCUT2D eigenvalue weighted by molar-refractivity contribution is 7.71. The summed E-state index contributed by atoms with van der Waals surface area (Å²) in [5, 5.41) is 20.9. The summed E-state index contributed by atoms with van der Waals surface area (Å²) in [6.07, 6.45) is 1.43. The van der Waals surface area contributed by atoms with Gasteiger partial charge in [0.05, 0.1) is 11.8 Å². The van der Waals surface area contributed by atoms with E-state index in [0.717, 1.165) is 5.56 Å². The number of carboxylic acids is 1. The lowest BCUT2D eigenvalue weighted by Gasteiger charge is -2.02. The highest BCUT2D eigenvalue weighted by Crippen LogP contribution is 2.21. The second-order valence-electron chi connectivity index (χ2n) is 4.81. The predicted molar refractivity (Wildman–Crippen MR) is 94.3 cm³/mol. The first-order valence-corrected chi connectivity index (χ1v) is 7.65. The molecule has 0 radical (unpaired) electrons.